The number of nitrogens with one attached hydrogen (secondary N) is 2. The fraction of sp³-hybridized carbons (Fsp3) is 0.0476. The lowest BCUT2D eigenvalue weighted by atomic mass is 10.1. The summed E-state index contributed by atoms with van der Waals surface area (Å²) in [5.41, 5.74) is 1.61. The molecule has 3 aromatic carbocycles. The molecule has 0 saturated heterocycles. The zero-order valence-electron chi connectivity index (χ0n) is 16.0. The Hall–Kier alpha value is -3.69. The maximum atomic E-state index is 12.4. The summed E-state index contributed by atoms with van der Waals surface area (Å²) >= 11 is 0. The topological polar surface area (TPSA) is 128 Å². The Balaban J connectivity index is 1.66. The molecule has 0 saturated carbocycles. The third-order valence-corrected chi connectivity index (χ3v) is 5.09. The monoisotopic (exact) mass is 425 g/mol. The van der Waals surface area contributed by atoms with E-state index in [0.717, 1.165) is 0 Å². The van der Waals surface area contributed by atoms with Crippen LogP contribution < -0.4 is 20.5 Å². The first-order valence-corrected chi connectivity index (χ1v) is 10.3. The zero-order valence-corrected chi connectivity index (χ0v) is 16.8. The van der Waals surface area contributed by atoms with E-state index in [1.807, 2.05) is 0 Å². The second kappa shape index (κ2) is 8.76. The standard InChI is InChI=1S/C21H19N3O5S/c1-29-18-11-7-15(8-12-18)20(25)23-16-9-5-14(6-10-16)21(26)24-17-3-2-4-19(13-17)30(22,27)28/h2-13H,1H3,(H,23,25)(H,24,26)(H2,22,27,28). The minimum absolute atomic E-state index is 0.100. The molecule has 154 valence electrons. The number of ether oxygens (including phenoxy) is 1. The molecule has 0 atom stereocenters. The zero-order chi connectivity index (χ0) is 21.7. The Morgan fingerprint density at radius 1 is 0.800 bits per heavy atom. The summed E-state index contributed by atoms with van der Waals surface area (Å²) in [4.78, 5) is 24.6. The molecule has 9 heteroatoms. The number of amides is 2. The minimum atomic E-state index is -3.87. The van der Waals surface area contributed by atoms with E-state index in [2.05, 4.69) is 10.6 Å². The SMILES string of the molecule is COc1ccc(C(=O)Nc2ccc(C(=O)Nc3cccc(S(N)(=O)=O)c3)cc2)cc1. The van der Waals surface area contributed by atoms with Gasteiger partial charge in [0.1, 0.15) is 5.75 Å². The van der Waals surface area contributed by atoms with Crippen LogP contribution in [0.15, 0.2) is 77.7 Å². The van der Waals surface area contributed by atoms with Crippen molar-refractivity contribution in [2.75, 3.05) is 17.7 Å². The quantitative estimate of drug-likeness (QED) is 0.560. The number of carbonyl (C=O) groups excluding carboxylic acids is 2. The fourth-order valence-corrected chi connectivity index (χ4v) is 3.16. The normalized spacial score (nSPS) is 10.9. The molecule has 0 aliphatic rings. The molecule has 0 aliphatic carbocycles. The Morgan fingerprint density at radius 3 is 1.87 bits per heavy atom. The maximum absolute atomic E-state index is 12.4. The fourth-order valence-electron chi connectivity index (χ4n) is 2.60. The molecule has 0 heterocycles. The van der Waals surface area contributed by atoms with E-state index < -0.39 is 15.9 Å². The van der Waals surface area contributed by atoms with Crippen molar-refractivity contribution < 1.29 is 22.7 Å². The number of nitrogens with two attached hydrogens (primary N) is 1. The molecule has 0 radical (unpaired) electrons. The molecule has 3 rings (SSSR count). The number of benzene rings is 3. The smallest absolute Gasteiger partial charge is 0.255 e. The van der Waals surface area contributed by atoms with Crippen LogP contribution in [0.1, 0.15) is 20.7 Å². The first kappa shape index (κ1) is 21.0. The molecule has 0 aromatic heterocycles. The summed E-state index contributed by atoms with van der Waals surface area (Å²) in [6.07, 6.45) is 0. The molecule has 0 fully saturated rings. The van der Waals surface area contributed by atoms with Crippen LogP contribution in [-0.4, -0.2) is 27.3 Å². The maximum Gasteiger partial charge on any atom is 0.255 e. The number of carbonyl (C=O) groups is 2. The first-order chi connectivity index (χ1) is 14.3. The van der Waals surface area contributed by atoms with Gasteiger partial charge in [-0.3, -0.25) is 9.59 Å². The number of hydrogen-bond acceptors (Lipinski definition) is 5. The largest absolute Gasteiger partial charge is 0.497 e. The number of sulfonamides is 1. The van der Waals surface area contributed by atoms with Crippen molar-refractivity contribution in [3.05, 3.63) is 83.9 Å². The summed E-state index contributed by atoms with van der Waals surface area (Å²) in [6, 6.07) is 18.6. The molecule has 4 N–H and O–H groups in total. The van der Waals surface area contributed by atoms with Gasteiger partial charge < -0.3 is 15.4 Å². The van der Waals surface area contributed by atoms with E-state index in [4.69, 9.17) is 9.88 Å². The summed E-state index contributed by atoms with van der Waals surface area (Å²) in [5, 5.41) is 10.5. The lowest BCUT2D eigenvalue weighted by Gasteiger charge is -2.09. The van der Waals surface area contributed by atoms with Crippen LogP contribution >= 0.6 is 0 Å². The highest BCUT2D eigenvalue weighted by Crippen LogP contribution is 2.17. The van der Waals surface area contributed by atoms with Crippen LogP contribution in [0.4, 0.5) is 11.4 Å². The predicted octanol–water partition coefficient (Wildman–Crippen LogP) is 2.85. The third kappa shape index (κ3) is 5.22. The van der Waals surface area contributed by atoms with Gasteiger partial charge in [0.15, 0.2) is 0 Å². The summed E-state index contributed by atoms with van der Waals surface area (Å²) in [6.45, 7) is 0. The second-order valence-corrected chi connectivity index (χ2v) is 7.85. The molecular formula is C21H19N3O5S. The molecule has 3 aromatic rings. The number of anilines is 2. The van der Waals surface area contributed by atoms with Crippen molar-refractivity contribution in [1.29, 1.82) is 0 Å². The highest BCUT2D eigenvalue weighted by Gasteiger charge is 2.11. The predicted molar refractivity (Wildman–Crippen MR) is 113 cm³/mol. The molecule has 0 aliphatic heterocycles. The van der Waals surface area contributed by atoms with Crippen LogP contribution in [0.25, 0.3) is 0 Å². The molecule has 2 amide bonds. The summed E-state index contributed by atoms with van der Waals surface area (Å²) in [7, 11) is -2.32. The van der Waals surface area contributed by atoms with E-state index in [9.17, 15) is 18.0 Å². The van der Waals surface area contributed by atoms with Gasteiger partial charge in [0, 0.05) is 22.5 Å². The lowest BCUT2D eigenvalue weighted by Crippen LogP contribution is -2.15. The minimum Gasteiger partial charge on any atom is -0.497 e. The molecule has 8 nitrogen and oxygen atoms in total. The van der Waals surface area contributed by atoms with Crippen LogP contribution in [0.3, 0.4) is 0 Å². The Labute approximate surface area is 173 Å². The molecule has 0 bridgehead atoms. The Bertz CT molecular complexity index is 1170. The number of hydrogen-bond donors (Lipinski definition) is 3. The second-order valence-electron chi connectivity index (χ2n) is 6.29. The van der Waals surface area contributed by atoms with E-state index in [1.165, 1.54) is 18.2 Å². The van der Waals surface area contributed by atoms with Crippen LogP contribution in [0.2, 0.25) is 0 Å². The van der Waals surface area contributed by atoms with Crippen molar-refractivity contribution in [1.82, 2.24) is 0 Å². The highest BCUT2D eigenvalue weighted by molar-refractivity contribution is 7.89. The third-order valence-electron chi connectivity index (χ3n) is 4.18. The van der Waals surface area contributed by atoms with Crippen LogP contribution in [0, 0.1) is 0 Å². The van der Waals surface area contributed by atoms with E-state index in [-0.39, 0.29) is 10.8 Å². The number of rotatable bonds is 6. The number of methoxy groups -OCH3 is 1. The highest BCUT2D eigenvalue weighted by atomic mass is 32.2. The molecule has 0 unspecified atom stereocenters. The average Bonchev–Trinajstić information content (AvgIpc) is 2.74. The molecular weight excluding hydrogens is 406 g/mol. The summed E-state index contributed by atoms with van der Waals surface area (Å²) in [5.74, 6) is -0.0826. The Morgan fingerprint density at radius 2 is 1.33 bits per heavy atom. The average molecular weight is 425 g/mol. The van der Waals surface area contributed by atoms with Gasteiger partial charge in [-0.25, -0.2) is 13.6 Å². The van der Waals surface area contributed by atoms with Gasteiger partial charge in [-0.2, -0.15) is 0 Å². The van der Waals surface area contributed by atoms with Gasteiger partial charge in [0.05, 0.1) is 12.0 Å². The number of primary sulfonamides is 1. The lowest BCUT2D eigenvalue weighted by molar-refractivity contribution is 0.102. The van der Waals surface area contributed by atoms with Crippen LogP contribution in [0.5, 0.6) is 5.75 Å². The van der Waals surface area contributed by atoms with E-state index >= 15 is 0 Å². The van der Waals surface area contributed by atoms with Crippen molar-refractivity contribution in [3.63, 3.8) is 0 Å². The van der Waals surface area contributed by atoms with Gasteiger partial charge in [0.2, 0.25) is 10.0 Å². The molecule has 30 heavy (non-hydrogen) atoms. The van der Waals surface area contributed by atoms with E-state index in [0.29, 0.717) is 28.3 Å². The van der Waals surface area contributed by atoms with E-state index in [1.54, 1.807) is 61.7 Å². The van der Waals surface area contributed by atoms with Crippen LogP contribution in [-0.2, 0) is 10.0 Å². The van der Waals surface area contributed by atoms with Gasteiger partial charge in [-0.1, -0.05) is 6.07 Å². The van der Waals surface area contributed by atoms with Gasteiger partial charge in [-0.15, -0.1) is 0 Å². The van der Waals surface area contributed by atoms with Crippen molar-refractivity contribution in [2.45, 2.75) is 4.90 Å². The molecule has 0 spiro atoms. The van der Waals surface area contributed by atoms with Crippen molar-refractivity contribution >= 4 is 33.2 Å². The Kier molecular flexibility index (Phi) is 6.14. The van der Waals surface area contributed by atoms with Crippen molar-refractivity contribution in [3.8, 4) is 5.75 Å². The first-order valence-electron chi connectivity index (χ1n) is 8.76. The van der Waals surface area contributed by atoms with Gasteiger partial charge in [0.25, 0.3) is 11.8 Å². The van der Waals surface area contributed by atoms with Gasteiger partial charge >= 0.3 is 0 Å². The van der Waals surface area contributed by atoms with Crippen molar-refractivity contribution in [2.24, 2.45) is 5.14 Å². The van der Waals surface area contributed by atoms with Gasteiger partial charge in [-0.05, 0) is 66.7 Å². The summed E-state index contributed by atoms with van der Waals surface area (Å²) < 4.78 is 27.9.